The first-order valence-corrected chi connectivity index (χ1v) is 9.50. The van der Waals surface area contributed by atoms with Crippen molar-refractivity contribution >= 4 is 27.3 Å². The maximum absolute atomic E-state index is 12.8. The zero-order valence-corrected chi connectivity index (χ0v) is 16.4. The Morgan fingerprint density at radius 3 is 2.11 bits per heavy atom. The smallest absolute Gasteiger partial charge is 0.265 e. The monoisotopic (exact) mass is 393 g/mol. The van der Waals surface area contributed by atoms with Crippen LogP contribution in [0.4, 0.5) is 11.4 Å². The van der Waals surface area contributed by atoms with Crippen LogP contribution < -0.4 is 25.2 Å². The fourth-order valence-electron chi connectivity index (χ4n) is 2.13. The van der Waals surface area contributed by atoms with Gasteiger partial charge in [0.2, 0.25) is 5.91 Å². The molecule has 0 aromatic heterocycles. The van der Waals surface area contributed by atoms with Crippen LogP contribution in [0.1, 0.15) is 13.8 Å². The number of methoxy groups -OCH3 is 2. The molecule has 2 aromatic carbocycles. The van der Waals surface area contributed by atoms with E-state index in [-0.39, 0.29) is 16.3 Å². The lowest BCUT2D eigenvalue weighted by molar-refractivity contribution is -0.120. The minimum absolute atomic E-state index is 0.117. The number of anilines is 2. The van der Waals surface area contributed by atoms with Gasteiger partial charge >= 0.3 is 0 Å². The molecule has 27 heavy (non-hydrogen) atoms. The Hall–Kier alpha value is -2.78. The lowest BCUT2D eigenvalue weighted by Gasteiger charge is -2.19. The Balaban J connectivity index is 2.35. The van der Waals surface area contributed by atoms with Gasteiger partial charge in [0.25, 0.3) is 10.0 Å². The Bertz CT molecular complexity index is 919. The van der Waals surface area contributed by atoms with Crippen LogP contribution in [-0.4, -0.2) is 34.1 Å². The van der Waals surface area contributed by atoms with Gasteiger partial charge in [-0.05, 0) is 56.3 Å². The molecule has 146 valence electrons. The van der Waals surface area contributed by atoms with E-state index in [2.05, 4.69) is 10.0 Å². The summed E-state index contributed by atoms with van der Waals surface area (Å²) in [6.45, 7) is 3.10. The third kappa shape index (κ3) is 5.11. The number of hydrogen-bond donors (Lipinski definition) is 3. The van der Waals surface area contributed by atoms with Gasteiger partial charge in [-0.1, -0.05) is 0 Å². The van der Waals surface area contributed by atoms with E-state index in [1.54, 1.807) is 38.1 Å². The van der Waals surface area contributed by atoms with Gasteiger partial charge in [0.15, 0.2) is 0 Å². The average molecular weight is 393 g/mol. The first kappa shape index (κ1) is 20.5. The third-order valence-electron chi connectivity index (χ3n) is 3.64. The molecule has 0 spiro atoms. The summed E-state index contributed by atoms with van der Waals surface area (Å²) in [5.41, 5.74) is 5.29. The van der Waals surface area contributed by atoms with Gasteiger partial charge in [0, 0.05) is 11.4 Å². The Morgan fingerprint density at radius 2 is 1.59 bits per heavy atom. The van der Waals surface area contributed by atoms with Gasteiger partial charge < -0.3 is 20.5 Å². The highest BCUT2D eigenvalue weighted by atomic mass is 32.2. The predicted molar refractivity (Wildman–Crippen MR) is 104 cm³/mol. The van der Waals surface area contributed by atoms with Crippen LogP contribution in [0.2, 0.25) is 0 Å². The quantitative estimate of drug-likeness (QED) is 0.663. The molecule has 0 heterocycles. The highest BCUT2D eigenvalue weighted by molar-refractivity contribution is 7.92. The molecule has 0 saturated heterocycles. The Kier molecular flexibility index (Phi) is 5.97. The van der Waals surface area contributed by atoms with Gasteiger partial charge in [-0.2, -0.15) is 0 Å². The van der Waals surface area contributed by atoms with Gasteiger partial charge in [-0.15, -0.1) is 0 Å². The molecule has 8 nitrogen and oxygen atoms in total. The molecule has 0 aliphatic rings. The number of carbonyl (C=O) groups excluding carboxylic acids is 1. The van der Waals surface area contributed by atoms with Crippen LogP contribution in [0.25, 0.3) is 0 Å². The first-order valence-electron chi connectivity index (χ1n) is 8.02. The summed E-state index contributed by atoms with van der Waals surface area (Å²) in [5, 5.41) is 2.60. The second-order valence-electron chi connectivity index (χ2n) is 6.38. The summed E-state index contributed by atoms with van der Waals surface area (Å²) >= 11 is 0. The van der Waals surface area contributed by atoms with Crippen molar-refractivity contribution in [3.05, 3.63) is 42.5 Å². The zero-order valence-electron chi connectivity index (χ0n) is 15.6. The fraction of sp³-hybridized carbons (Fsp3) is 0.278. The molecular weight excluding hydrogens is 370 g/mol. The van der Waals surface area contributed by atoms with E-state index in [4.69, 9.17) is 15.2 Å². The van der Waals surface area contributed by atoms with Crippen molar-refractivity contribution in [1.82, 2.24) is 0 Å². The standard InChI is InChI=1S/C18H23N3O5S/c1-18(2,19)17(22)20-13-7-10-15(26-4)16(11-13)27(23,24)21-12-5-8-14(25-3)9-6-12/h5-11,21H,19H2,1-4H3,(H,20,22). The molecule has 0 aliphatic heterocycles. The molecule has 9 heteroatoms. The van der Waals surface area contributed by atoms with E-state index in [1.165, 1.54) is 32.4 Å². The molecule has 0 saturated carbocycles. The van der Waals surface area contributed by atoms with Crippen molar-refractivity contribution in [2.75, 3.05) is 24.3 Å². The maximum Gasteiger partial charge on any atom is 0.265 e. The van der Waals surface area contributed by atoms with Crippen molar-refractivity contribution in [3.8, 4) is 11.5 Å². The number of nitrogens with two attached hydrogens (primary N) is 1. The first-order chi connectivity index (χ1) is 12.6. The fourth-order valence-corrected chi connectivity index (χ4v) is 3.38. The van der Waals surface area contributed by atoms with Crippen LogP contribution in [-0.2, 0) is 14.8 Å². The summed E-state index contributed by atoms with van der Waals surface area (Å²) in [5.74, 6) is 0.296. The van der Waals surface area contributed by atoms with Gasteiger partial charge in [0.05, 0.1) is 19.8 Å². The zero-order chi connectivity index (χ0) is 20.2. The number of nitrogens with one attached hydrogen (secondary N) is 2. The highest BCUT2D eigenvalue weighted by Crippen LogP contribution is 2.29. The SMILES string of the molecule is COc1ccc(NS(=O)(=O)c2cc(NC(=O)C(C)(C)N)ccc2OC)cc1. The predicted octanol–water partition coefficient (Wildman–Crippen LogP) is 2.18. The largest absolute Gasteiger partial charge is 0.497 e. The van der Waals surface area contributed by atoms with E-state index in [0.29, 0.717) is 11.4 Å². The molecule has 0 aliphatic carbocycles. The van der Waals surface area contributed by atoms with Gasteiger partial charge in [-0.25, -0.2) is 8.42 Å². The van der Waals surface area contributed by atoms with Crippen LogP contribution in [0, 0.1) is 0 Å². The summed E-state index contributed by atoms with van der Waals surface area (Å²) in [6, 6.07) is 10.7. The van der Waals surface area contributed by atoms with Crippen molar-refractivity contribution in [2.24, 2.45) is 5.73 Å². The highest BCUT2D eigenvalue weighted by Gasteiger charge is 2.24. The van der Waals surface area contributed by atoms with E-state index >= 15 is 0 Å². The Labute approximate surface area is 158 Å². The summed E-state index contributed by atoms with van der Waals surface area (Å²) in [7, 11) is -1.08. The third-order valence-corrected chi connectivity index (χ3v) is 5.04. The van der Waals surface area contributed by atoms with Crippen molar-refractivity contribution in [2.45, 2.75) is 24.3 Å². The van der Waals surface area contributed by atoms with Crippen LogP contribution in [0.3, 0.4) is 0 Å². The minimum Gasteiger partial charge on any atom is -0.497 e. The molecule has 0 bridgehead atoms. The summed E-state index contributed by atoms with van der Waals surface area (Å²) in [4.78, 5) is 11.9. The van der Waals surface area contributed by atoms with Gasteiger partial charge in [0.1, 0.15) is 16.4 Å². The van der Waals surface area contributed by atoms with Crippen molar-refractivity contribution < 1.29 is 22.7 Å². The minimum atomic E-state index is -3.97. The molecule has 0 atom stereocenters. The topological polar surface area (TPSA) is 120 Å². The maximum atomic E-state index is 12.8. The molecule has 0 radical (unpaired) electrons. The lowest BCUT2D eigenvalue weighted by atomic mass is 10.1. The number of amides is 1. The molecule has 0 fully saturated rings. The number of sulfonamides is 1. The number of ether oxygens (including phenoxy) is 2. The lowest BCUT2D eigenvalue weighted by Crippen LogP contribution is -2.45. The van der Waals surface area contributed by atoms with E-state index in [0.717, 1.165) is 0 Å². The van der Waals surface area contributed by atoms with Crippen LogP contribution in [0.5, 0.6) is 11.5 Å². The van der Waals surface area contributed by atoms with E-state index in [9.17, 15) is 13.2 Å². The number of carbonyl (C=O) groups is 1. The molecule has 0 unspecified atom stereocenters. The molecule has 4 N–H and O–H groups in total. The van der Waals surface area contributed by atoms with Crippen molar-refractivity contribution in [1.29, 1.82) is 0 Å². The molecule has 2 aromatic rings. The van der Waals surface area contributed by atoms with E-state index in [1.807, 2.05) is 0 Å². The van der Waals surface area contributed by atoms with E-state index < -0.39 is 21.5 Å². The van der Waals surface area contributed by atoms with Crippen LogP contribution >= 0.6 is 0 Å². The molecular formula is C18H23N3O5S. The molecule has 1 amide bonds. The molecule has 2 rings (SSSR count). The van der Waals surface area contributed by atoms with Gasteiger partial charge in [-0.3, -0.25) is 9.52 Å². The normalized spacial score (nSPS) is 11.6. The number of hydrogen-bond acceptors (Lipinski definition) is 6. The average Bonchev–Trinajstić information content (AvgIpc) is 2.61. The second kappa shape index (κ2) is 7.85. The van der Waals surface area contributed by atoms with Crippen LogP contribution in [0.15, 0.2) is 47.4 Å². The second-order valence-corrected chi connectivity index (χ2v) is 8.03. The Morgan fingerprint density at radius 1 is 1.00 bits per heavy atom. The number of benzene rings is 2. The summed E-state index contributed by atoms with van der Waals surface area (Å²) < 4.78 is 38.3. The van der Waals surface area contributed by atoms with Crippen molar-refractivity contribution in [3.63, 3.8) is 0 Å². The summed E-state index contributed by atoms with van der Waals surface area (Å²) in [6.07, 6.45) is 0. The number of rotatable bonds is 7.